The Morgan fingerprint density at radius 1 is 1.11 bits per heavy atom. The smallest absolute Gasteiger partial charge is 0.220 e. The van der Waals surface area contributed by atoms with Gasteiger partial charge in [-0.05, 0) is 54.8 Å². The quantitative estimate of drug-likeness (QED) is 0.540. The summed E-state index contributed by atoms with van der Waals surface area (Å²) in [5.74, 6) is 0.730. The van der Waals surface area contributed by atoms with E-state index >= 15 is 0 Å². The van der Waals surface area contributed by atoms with E-state index in [1.54, 1.807) is 6.20 Å². The number of carbonyl (C=O) groups excluding carboxylic acids is 1. The number of nitrogens with zero attached hydrogens (tertiary/aromatic N) is 1. The van der Waals surface area contributed by atoms with Crippen LogP contribution in [0.15, 0.2) is 72.9 Å². The van der Waals surface area contributed by atoms with Gasteiger partial charge in [0, 0.05) is 17.6 Å². The molecule has 0 bridgehead atoms. The van der Waals surface area contributed by atoms with Gasteiger partial charge in [0.2, 0.25) is 5.91 Å². The van der Waals surface area contributed by atoms with Crippen LogP contribution in [0.5, 0.6) is 5.75 Å². The SMILES string of the molecule is Cc1cc(OCCCC(=O)N[C@@H](c2ccccc2)c2ccccn2)ccc1Cl. The van der Waals surface area contributed by atoms with Crippen LogP contribution in [0.2, 0.25) is 5.02 Å². The third-order valence-corrected chi connectivity index (χ3v) is 4.79. The van der Waals surface area contributed by atoms with Crippen molar-refractivity contribution in [3.63, 3.8) is 0 Å². The molecular formula is C23H23ClN2O2. The van der Waals surface area contributed by atoms with Crippen LogP contribution in [0.4, 0.5) is 0 Å². The Kier molecular flexibility index (Phi) is 7.04. The molecule has 0 fully saturated rings. The molecule has 4 nitrogen and oxygen atoms in total. The maximum absolute atomic E-state index is 12.5. The Labute approximate surface area is 170 Å². The first-order valence-electron chi connectivity index (χ1n) is 9.27. The fourth-order valence-electron chi connectivity index (χ4n) is 2.88. The fraction of sp³-hybridized carbons (Fsp3) is 0.217. The maximum Gasteiger partial charge on any atom is 0.220 e. The van der Waals surface area contributed by atoms with E-state index in [0.717, 1.165) is 22.6 Å². The topological polar surface area (TPSA) is 51.2 Å². The molecular weight excluding hydrogens is 372 g/mol. The van der Waals surface area contributed by atoms with E-state index < -0.39 is 0 Å². The second-order valence-electron chi connectivity index (χ2n) is 6.53. The van der Waals surface area contributed by atoms with E-state index in [0.29, 0.717) is 24.5 Å². The number of pyridine rings is 1. The molecule has 1 heterocycles. The summed E-state index contributed by atoms with van der Waals surface area (Å²) in [4.78, 5) is 16.9. The second-order valence-corrected chi connectivity index (χ2v) is 6.94. The van der Waals surface area contributed by atoms with Crippen molar-refractivity contribution in [2.24, 2.45) is 0 Å². The van der Waals surface area contributed by atoms with Gasteiger partial charge < -0.3 is 10.1 Å². The largest absolute Gasteiger partial charge is 0.494 e. The van der Waals surface area contributed by atoms with Crippen molar-refractivity contribution in [3.8, 4) is 5.75 Å². The highest BCUT2D eigenvalue weighted by Gasteiger charge is 2.17. The van der Waals surface area contributed by atoms with Gasteiger partial charge >= 0.3 is 0 Å². The number of nitrogens with one attached hydrogen (secondary N) is 1. The zero-order chi connectivity index (χ0) is 19.8. The standard InChI is InChI=1S/C23H23ClN2O2/c1-17-16-19(12-13-20(17)24)28-15-7-11-22(27)26-23(18-8-3-2-4-9-18)21-10-5-6-14-25-21/h2-6,8-10,12-14,16,23H,7,11,15H2,1H3,(H,26,27)/t23-/m0/s1. The minimum Gasteiger partial charge on any atom is -0.494 e. The van der Waals surface area contributed by atoms with Crippen LogP contribution >= 0.6 is 11.6 Å². The van der Waals surface area contributed by atoms with Gasteiger partial charge in [0.15, 0.2) is 0 Å². The van der Waals surface area contributed by atoms with Crippen molar-refractivity contribution in [3.05, 3.63) is 94.8 Å². The van der Waals surface area contributed by atoms with Gasteiger partial charge in [0.1, 0.15) is 5.75 Å². The molecule has 3 rings (SSSR count). The minimum absolute atomic E-state index is 0.0320. The number of hydrogen-bond donors (Lipinski definition) is 1. The van der Waals surface area contributed by atoms with E-state index in [2.05, 4.69) is 10.3 Å². The third kappa shape index (κ3) is 5.57. The Balaban J connectivity index is 1.54. The lowest BCUT2D eigenvalue weighted by molar-refractivity contribution is -0.121. The molecule has 0 unspecified atom stereocenters. The number of carbonyl (C=O) groups is 1. The van der Waals surface area contributed by atoms with Crippen LogP contribution in [0.3, 0.4) is 0 Å². The highest BCUT2D eigenvalue weighted by Crippen LogP contribution is 2.22. The molecule has 1 aromatic heterocycles. The average molecular weight is 395 g/mol. The minimum atomic E-state index is -0.269. The number of aryl methyl sites for hydroxylation is 1. The summed E-state index contributed by atoms with van der Waals surface area (Å²) >= 11 is 6.02. The van der Waals surface area contributed by atoms with Crippen LogP contribution in [-0.4, -0.2) is 17.5 Å². The molecule has 5 heteroatoms. The lowest BCUT2D eigenvalue weighted by Gasteiger charge is -2.19. The zero-order valence-electron chi connectivity index (χ0n) is 15.8. The number of amides is 1. The van der Waals surface area contributed by atoms with Gasteiger partial charge in [0.25, 0.3) is 0 Å². The Hall–Kier alpha value is -2.85. The molecule has 0 spiro atoms. The molecule has 3 aromatic rings. The number of benzene rings is 2. The van der Waals surface area contributed by atoms with Gasteiger partial charge in [-0.2, -0.15) is 0 Å². The van der Waals surface area contributed by atoms with Gasteiger partial charge in [-0.1, -0.05) is 48.0 Å². The molecule has 0 aliphatic rings. The van der Waals surface area contributed by atoms with Gasteiger partial charge in [-0.25, -0.2) is 0 Å². The number of rotatable bonds is 8. The molecule has 2 aromatic carbocycles. The summed E-state index contributed by atoms with van der Waals surface area (Å²) in [6, 6.07) is 20.8. The van der Waals surface area contributed by atoms with Crippen LogP contribution in [0.25, 0.3) is 0 Å². The lowest BCUT2D eigenvalue weighted by Crippen LogP contribution is -2.30. The summed E-state index contributed by atoms with van der Waals surface area (Å²) in [6.45, 7) is 2.40. The van der Waals surface area contributed by atoms with Crippen molar-refractivity contribution in [2.75, 3.05) is 6.61 Å². The maximum atomic E-state index is 12.5. The second kappa shape index (κ2) is 9.90. The zero-order valence-corrected chi connectivity index (χ0v) is 16.5. The van der Waals surface area contributed by atoms with Crippen molar-refractivity contribution < 1.29 is 9.53 Å². The molecule has 144 valence electrons. The molecule has 0 radical (unpaired) electrons. The number of ether oxygens (including phenoxy) is 1. The number of aromatic nitrogens is 1. The number of halogens is 1. The van der Waals surface area contributed by atoms with Crippen molar-refractivity contribution >= 4 is 17.5 Å². The first-order valence-corrected chi connectivity index (χ1v) is 9.65. The molecule has 1 atom stereocenters. The van der Waals surface area contributed by atoms with E-state index in [4.69, 9.17) is 16.3 Å². The summed E-state index contributed by atoms with van der Waals surface area (Å²) in [5.41, 5.74) is 2.79. The van der Waals surface area contributed by atoms with Gasteiger partial charge in [0.05, 0.1) is 18.3 Å². The highest BCUT2D eigenvalue weighted by atomic mass is 35.5. The molecule has 0 aliphatic carbocycles. The third-order valence-electron chi connectivity index (χ3n) is 4.37. The highest BCUT2D eigenvalue weighted by molar-refractivity contribution is 6.31. The molecule has 1 amide bonds. The van der Waals surface area contributed by atoms with E-state index in [-0.39, 0.29) is 11.9 Å². The normalized spacial score (nSPS) is 11.6. The van der Waals surface area contributed by atoms with Gasteiger partial charge in [-0.15, -0.1) is 0 Å². The molecule has 0 saturated carbocycles. The Morgan fingerprint density at radius 2 is 1.89 bits per heavy atom. The van der Waals surface area contributed by atoms with E-state index in [1.165, 1.54) is 0 Å². The van der Waals surface area contributed by atoms with Crippen molar-refractivity contribution in [1.82, 2.24) is 10.3 Å². The fourth-order valence-corrected chi connectivity index (χ4v) is 3.00. The van der Waals surface area contributed by atoms with Crippen LogP contribution in [0, 0.1) is 6.92 Å². The van der Waals surface area contributed by atoms with E-state index in [9.17, 15) is 4.79 Å². The van der Waals surface area contributed by atoms with Crippen LogP contribution in [0.1, 0.15) is 35.7 Å². The van der Waals surface area contributed by atoms with Crippen LogP contribution in [-0.2, 0) is 4.79 Å². The first kappa shape index (κ1) is 19.9. The monoisotopic (exact) mass is 394 g/mol. The van der Waals surface area contributed by atoms with E-state index in [1.807, 2.05) is 73.7 Å². The summed E-state index contributed by atoms with van der Waals surface area (Å²) in [5, 5.41) is 3.81. The lowest BCUT2D eigenvalue weighted by atomic mass is 10.0. The summed E-state index contributed by atoms with van der Waals surface area (Å²) in [6.07, 6.45) is 2.74. The molecule has 0 aliphatic heterocycles. The molecule has 1 N–H and O–H groups in total. The van der Waals surface area contributed by atoms with Gasteiger partial charge in [-0.3, -0.25) is 9.78 Å². The van der Waals surface area contributed by atoms with Crippen LogP contribution < -0.4 is 10.1 Å². The molecule has 28 heavy (non-hydrogen) atoms. The average Bonchev–Trinajstić information content (AvgIpc) is 2.73. The summed E-state index contributed by atoms with van der Waals surface area (Å²) < 4.78 is 5.72. The van der Waals surface area contributed by atoms with Crippen molar-refractivity contribution in [1.29, 1.82) is 0 Å². The number of hydrogen-bond acceptors (Lipinski definition) is 3. The predicted molar refractivity (Wildman–Crippen MR) is 112 cm³/mol. The molecule has 0 saturated heterocycles. The predicted octanol–water partition coefficient (Wildman–Crippen LogP) is 5.11. The Bertz CT molecular complexity index is 861. The first-order chi connectivity index (χ1) is 13.6. The summed E-state index contributed by atoms with van der Waals surface area (Å²) in [7, 11) is 0. The Morgan fingerprint density at radius 3 is 2.61 bits per heavy atom. The van der Waals surface area contributed by atoms with Crippen molar-refractivity contribution in [2.45, 2.75) is 25.8 Å².